The third-order valence-electron chi connectivity index (χ3n) is 5.22. The molecule has 0 bridgehead atoms. The largest absolute Gasteiger partial charge is 0.361 e. The molecule has 6 nitrogen and oxygen atoms in total. The zero-order valence-electron chi connectivity index (χ0n) is 15.1. The molecule has 0 saturated carbocycles. The molecule has 4 aromatic rings. The normalized spacial score (nSPS) is 14.3. The van der Waals surface area contributed by atoms with Gasteiger partial charge in [-0.2, -0.15) is 0 Å². The molecule has 0 fully saturated rings. The summed E-state index contributed by atoms with van der Waals surface area (Å²) in [5.74, 6) is 0.612. The number of pyridine rings is 1. The maximum Gasteiger partial charge on any atom is 0.255 e. The van der Waals surface area contributed by atoms with Crippen LogP contribution in [0.3, 0.4) is 0 Å². The number of fused-ring (bicyclic) bond motifs is 2. The Kier molecular flexibility index (Phi) is 4.33. The van der Waals surface area contributed by atoms with Gasteiger partial charge in [0, 0.05) is 65.6 Å². The van der Waals surface area contributed by atoms with Crippen molar-refractivity contribution >= 4 is 26.8 Å². The van der Waals surface area contributed by atoms with Crippen LogP contribution in [0, 0.1) is 0 Å². The maximum absolute atomic E-state index is 12.7. The van der Waals surface area contributed by atoms with Gasteiger partial charge >= 0.3 is 0 Å². The van der Waals surface area contributed by atoms with E-state index in [-0.39, 0.29) is 5.56 Å². The van der Waals surface area contributed by atoms with E-state index in [1.807, 2.05) is 18.2 Å². The molecule has 7 heteroatoms. The van der Waals surface area contributed by atoms with E-state index in [0.717, 1.165) is 46.3 Å². The van der Waals surface area contributed by atoms with Crippen LogP contribution in [0.4, 0.5) is 0 Å². The number of nitrogens with zero attached hydrogens (tertiary/aromatic N) is 3. The molecule has 5 rings (SSSR count). The number of aromatic amines is 2. The smallest absolute Gasteiger partial charge is 0.255 e. The van der Waals surface area contributed by atoms with Crippen LogP contribution < -0.4 is 5.56 Å². The van der Waals surface area contributed by atoms with Crippen molar-refractivity contribution in [2.24, 2.45) is 0 Å². The summed E-state index contributed by atoms with van der Waals surface area (Å²) in [4.78, 5) is 30.0. The standard InChI is InChI=1S/C21H18BrN5O/c22-15-1-2-18-16(9-15)14(10-24-18)11-27-8-5-19-17(12-27)21(28)26-20(25-19)13-3-6-23-7-4-13/h1-4,6-7,9-10,24H,5,8,11-12H2,(H,25,26,28). The predicted octanol–water partition coefficient (Wildman–Crippen LogP) is 3.63. The lowest BCUT2D eigenvalue weighted by Gasteiger charge is -2.27. The first-order chi connectivity index (χ1) is 13.7. The highest BCUT2D eigenvalue weighted by molar-refractivity contribution is 9.10. The van der Waals surface area contributed by atoms with Crippen LogP contribution in [0.15, 0.2) is 58.2 Å². The second-order valence-electron chi connectivity index (χ2n) is 7.04. The van der Waals surface area contributed by atoms with Gasteiger partial charge < -0.3 is 9.97 Å². The van der Waals surface area contributed by atoms with Crippen molar-refractivity contribution in [2.75, 3.05) is 6.54 Å². The lowest BCUT2D eigenvalue weighted by molar-refractivity contribution is 0.242. The van der Waals surface area contributed by atoms with Gasteiger partial charge in [0.15, 0.2) is 0 Å². The molecule has 0 spiro atoms. The molecule has 4 heterocycles. The number of hydrogen-bond donors (Lipinski definition) is 2. The summed E-state index contributed by atoms with van der Waals surface area (Å²) in [7, 11) is 0. The highest BCUT2D eigenvalue weighted by atomic mass is 79.9. The summed E-state index contributed by atoms with van der Waals surface area (Å²) in [6.07, 6.45) is 6.23. The highest BCUT2D eigenvalue weighted by Crippen LogP contribution is 2.25. The first-order valence-corrected chi connectivity index (χ1v) is 9.97. The van der Waals surface area contributed by atoms with E-state index in [4.69, 9.17) is 4.98 Å². The van der Waals surface area contributed by atoms with Crippen molar-refractivity contribution < 1.29 is 0 Å². The van der Waals surface area contributed by atoms with Gasteiger partial charge in [-0.15, -0.1) is 0 Å². The minimum atomic E-state index is -0.0526. The zero-order chi connectivity index (χ0) is 19.1. The summed E-state index contributed by atoms with van der Waals surface area (Å²) >= 11 is 3.55. The molecule has 0 unspecified atom stereocenters. The fourth-order valence-electron chi connectivity index (χ4n) is 3.78. The SMILES string of the molecule is O=c1[nH]c(-c2ccncc2)nc2c1CN(Cc1c[nH]c3ccc(Br)cc13)CC2. The van der Waals surface area contributed by atoms with Gasteiger partial charge in [0.25, 0.3) is 5.56 Å². The number of nitrogens with one attached hydrogen (secondary N) is 2. The Hall–Kier alpha value is -2.77. The molecular weight excluding hydrogens is 418 g/mol. The van der Waals surface area contributed by atoms with Crippen LogP contribution in [-0.4, -0.2) is 31.4 Å². The van der Waals surface area contributed by atoms with Crippen molar-refractivity contribution in [2.45, 2.75) is 19.5 Å². The third kappa shape index (κ3) is 3.16. The zero-order valence-corrected chi connectivity index (χ0v) is 16.7. The van der Waals surface area contributed by atoms with E-state index >= 15 is 0 Å². The van der Waals surface area contributed by atoms with Gasteiger partial charge in [-0.05, 0) is 35.9 Å². The monoisotopic (exact) mass is 435 g/mol. The van der Waals surface area contributed by atoms with Gasteiger partial charge in [0.05, 0.1) is 11.3 Å². The highest BCUT2D eigenvalue weighted by Gasteiger charge is 2.22. The summed E-state index contributed by atoms with van der Waals surface area (Å²) in [6, 6.07) is 9.95. The second-order valence-corrected chi connectivity index (χ2v) is 7.96. The minimum absolute atomic E-state index is 0.0526. The van der Waals surface area contributed by atoms with Crippen molar-refractivity contribution in [3.63, 3.8) is 0 Å². The topological polar surface area (TPSA) is 77.7 Å². The Balaban J connectivity index is 1.42. The van der Waals surface area contributed by atoms with E-state index < -0.39 is 0 Å². The molecule has 1 aliphatic rings. The van der Waals surface area contributed by atoms with Crippen LogP contribution in [0.1, 0.15) is 16.8 Å². The first-order valence-electron chi connectivity index (χ1n) is 9.18. The third-order valence-corrected chi connectivity index (χ3v) is 5.72. The van der Waals surface area contributed by atoms with Crippen LogP contribution in [0.5, 0.6) is 0 Å². The first kappa shape index (κ1) is 17.3. The molecule has 1 aromatic carbocycles. The van der Waals surface area contributed by atoms with Crippen molar-refractivity contribution in [1.82, 2.24) is 24.8 Å². The Morgan fingerprint density at radius 3 is 2.89 bits per heavy atom. The summed E-state index contributed by atoms with van der Waals surface area (Å²) < 4.78 is 1.06. The van der Waals surface area contributed by atoms with Crippen LogP contribution in [-0.2, 0) is 19.5 Å². The van der Waals surface area contributed by atoms with Crippen molar-refractivity contribution in [1.29, 1.82) is 0 Å². The molecule has 1 aliphatic heterocycles. The number of aromatic nitrogens is 4. The van der Waals surface area contributed by atoms with Crippen molar-refractivity contribution in [3.05, 3.63) is 80.6 Å². The van der Waals surface area contributed by atoms with E-state index in [9.17, 15) is 4.79 Å². The molecule has 140 valence electrons. The van der Waals surface area contributed by atoms with E-state index in [2.05, 4.69) is 54.1 Å². The lowest BCUT2D eigenvalue weighted by Crippen LogP contribution is -2.35. The molecule has 3 aromatic heterocycles. The minimum Gasteiger partial charge on any atom is -0.361 e. The summed E-state index contributed by atoms with van der Waals surface area (Å²) in [6.45, 7) is 2.27. The van der Waals surface area contributed by atoms with Crippen LogP contribution in [0.25, 0.3) is 22.3 Å². The quantitative estimate of drug-likeness (QED) is 0.514. The van der Waals surface area contributed by atoms with E-state index in [1.54, 1.807) is 12.4 Å². The van der Waals surface area contributed by atoms with Gasteiger partial charge in [-0.25, -0.2) is 4.98 Å². The molecular formula is C21H18BrN5O. The summed E-state index contributed by atoms with van der Waals surface area (Å²) in [5.41, 5.74) is 4.85. The average Bonchev–Trinajstić information content (AvgIpc) is 3.11. The Morgan fingerprint density at radius 2 is 2.04 bits per heavy atom. The van der Waals surface area contributed by atoms with Crippen LogP contribution >= 0.6 is 15.9 Å². The van der Waals surface area contributed by atoms with Gasteiger partial charge in [0.2, 0.25) is 0 Å². The average molecular weight is 436 g/mol. The molecule has 0 radical (unpaired) electrons. The van der Waals surface area contributed by atoms with Gasteiger partial charge in [-0.3, -0.25) is 14.7 Å². The molecule has 0 saturated heterocycles. The number of benzene rings is 1. The summed E-state index contributed by atoms with van der Waals surface area (Å²) in [5, 5.41) is 1.21. The Labute approximate surface area is 169 Å². The number of hydrogen-bond acceptors (Lipinski definition) is 4. The molecule has 0 aliphatic carbocycles. The molecule has 28 heavy (non-hydrogen) atoms. The Morgan fingerprint density at radius 1 is 1.18 bits per heavy atom. The molecule has 0 amide bonds. The molecule has 2 N–H and O–H groups in total. The van der Waals surface area contributed by atoms with E-state index in [0.29, 0.717) is 12.4 Å². The van der Waals surface area contributed by atoms with Gasteiger partial charge in [0.1, 0.15) is 5.82 Å². The number of rotatable bonds is 3. The maximum atomic E-state index is 12.7. The van der Waals surface area contributed by atoms with E-state index in [1.165, 1.54) is 10.9 Å². The van der Waals surface area contributed by atoms with Crippen molar-refractivity contribution in [3.8, 4) is 11.4 Å². The predicted molar refractivity (Wildman–Crippen MR) is 112 cm³/mol. The fraction of sp³-hybridized carbons (Fsp3) is 0.190. The number of H-pyrrole nitrogens is 2. The Bertz CT molecular complexity index is 1210. The number of halogens is 1. The molecule has 0 atom stereocenters. The second kappa shape index (κ2) is 7.00. The van der Waals surface area contributed by atoms with Crippen LogP contribution in [0.2, 0.25) is 0 Å². The van der Waals surface area contributed by atoms with Gasteiger partial charge in [-0.1, -0.05) is 15.9 Å². The lowest BCUT2D eigenvalue weighted by atomic mass is 10.1. The fourth-order valence-corrected chi connectivity index (χ4v) is 4.15.